The highest BCUT2D eigenvalue weighted by Gasteiger charge is 2.38. The van der Waals surface area contributed by atoms with E-state index in [-0.39, 0.29) is 42.6 Å². The molecule has 1 fully saturated rings. The van der Waals surface area contributed by atoms with Crippen molar-refractivity contribution in [2.45, 2.75) is 45.1 Å². The van der Waals surface area contributed by atoms with E-state index in [2.05, 4.69) is 10.3 Å². The number of H-pyrrole nitrogens is 1. The largest absolute Gasteiger partial charge is 0.467 e. The Hall–Kier alpha value is -2.59. The van der Waals surface area contributed by atoms with E-state index < -0.39 is 21.9 Å². The number of nitrogens with one attached hydrogen (secondary N) is 2. The second-order valence-corrected chi connectivity index (χ2v) is 9.17. The molecule has 1 saturated heterocycles. The smallest absolute Gasteiger partial charge is 0.341 e. The van der Waals surface area contributed by atoms with Crippen molar-refractivity contribution in [3.05, 3.63) is 41.1 Å². The minimum atomic E-state index is -3.99. The first-order valence-corrected chi connectivity index (χ1v) is 11.4. The lowest BCUT2D eigenvalue weighted by Gasteiger charge is -2.31. The summed E-state index contributed by atoms with van der Waals surface area (Å²) < 4.78 is 38.4. The lowest BCUT2D eigenvalue weighted by atomic mass is 9.99. The normalized spacial score (nSPS) is 17.6. The van der Waals surface area contributed by atoms with Crippen LogP contribution >= 0.6 is 0 Å². The molecule has 1 aliphatic rings. The summed E-state index contributed by atoms with van der Waals surface area (Å²) in [6.07, 6.45) is 2.67. The van der Waals surface area contributed by atoms with Gasteiger partial charge in [0.2, 0.25) is 15.9 Å². The van der Waals surface area contributed by atoms with E-state index in [1.807, 2.05) is 0 Å². The van der Waals surface area contributed by atoms with Gasteiger partial charge in [0.05, 0.1) is 25.3 Å². The van der Waals surface area contributed by atoms with E-state index in [4.69, 9.17) is 9.15 Å². The molecule has 1 amide bonds. The van der Waals surface area contributed by atoms with Gasteiger partial charge in [-0.15, -0.1) is 0 Å². The average Bonchev–Trinajstić information content (AvgIpc) is 3.33. The summed E-state index contributed by atoms with van der Waals surface area (Å²) in [6.45, 7) is 5.65. The summed E-state index contributed by atoms with van der Waals surface area (Å²) >= 11 is 0. The zero-order valence-corrected chi connectivity index (χ0v) is 18.2. The third kappa shape index (κ3) is 4.44. The minimum Gasteiger partial charge on any atom is -0.467 e. The van der Waals surface area contributed by atoms with Crippen molar-refractivity contribution in [1.82, 2.24) is 14.6 Å². The molecule has 0 saturated carbocycles. The minimum absolute atomic E-state index is 0.0266. The molecule has 2 aromatic rings. The highest BCUT2D eigenvalue weighted by Crippen LogP contribution is 2.30. The van der Waals surface area contributed by atoms with Gasteiger partial charge in [-0.1, -0.05) is 0 Å². The lowest BCUT2D eigenvalue weighted by Crippen LogP contribution is -2.45. The van der Waals surface area contributed by atoms with Crippen molar-refractivity contribution < 1.29 is 27.2 Å². The number of rotatable bonds is 7. The van der Waals surface area contributed by atoms with Crippen LogP contribution < -0.4 is 5.32 Å². The lowest BCUT2D eigenvalue weighted by molar-refractivity contribution is -0.126. The Morgan fingerprint density at radius 1 is 1.33 bits per heavy atom. The first-order chi connectivity index (χ1) is 14.3. The van der Waals surface area contributed by atoms with Crippen LogP contribution in [0.2, 0.25) is 0 Å². The summed E-state index contributed by atoms with van der Waals surface area (Å²) in [5.74, 6) is -0.752. The van der Waals surface area contributed by atoms with Crippen LogP contribution in [0.4, 0.5) is 0 Å². The molecule has 0 aromatic carbocycles. The fourth-order valence-electron chi connectivity index (χ4n) is 3.77. The number of carbonyl (C=O) groups is 2. The number of esters is 1. The van der Waals surface area contributed by atoms with Crippen LogP contribution in [0.1, 0.15) is 47.3 Å². The van der Waals surface area contributed by atoms with E-state index >= 15 is 0 Å². The Labute approximate surface area is 175 Å². The fourth-order valence-corrected chi connectivity index (χ4v) is 5.70. The second-order valence-electron chi connectivity index (χ2n) is 7.30. The standard InChI is InChI=1S/C20H27N3O6S/c1-4-28-20(25)17-13(2)22-14(3)18(17)30(26,27)23-9-5-7-15(12-23)19(24)21-11-16-8-6-10-29-16/h6,8,10,15,22H,4-5,7,9,11-12H2,1-3H3,(H,21,24). The number of aryl methyl sites for hydroxylation is 2. The van der Waals surface area contributed by atoms with Gasteiger partial charge >= 0.3 is 5.97 Å². The molecule has 3 rings (SSSR count). The van der Waals surface area contributed by atoms with Crippen molar-refractivity contribution in [1.29, 1.82) is 0 Å². The predicted molar refractivity (Wildman–Crippen MR) is 108 cm³/mol. The molecule has 10 heteroatoms. The molecule has 164 valence electrons. The molecule has 0 bridgehead atoms. The van der Waals surface area contributed by atoms with Crippen LogP contribution in [-0.4, -0.2) is 49.3 Å². The van der Waals surface area contributed by atoms with Crippen molar-refractivity contribution in [2.75, 3.05) is 19.7 Å². The summed E-state index contributed by atoms with van der Waals surface area (Å²) in [4.78, 5) is 27.8. The van der Waals surface area contributed by atoms with Crippen LogP contribution in [0.5, 0.6) is 0 Å². The molecular weight excluding hydrogens is 410 g/mol. The molecule has 0 radical (unpaired) electrons. The van der Waals surface area contributed by atoms with Gasteiger partial charge in [-0.2, -0.15) is 4.31 Å². The Morgan fingerprint density at radius 3 is 2.77 bits per heavy atom. The van der Waals surface area contributed by atoms with Crippen LogP contribution in [0, 0.1) is 19.8 Å². The van der Waals surface area contributed by atoms with E-state index in [1.165, 1.54) is 10.6 Å². The molecule has 1 aliphatic heterocycles. The number of carbonyl (C=O) groups excluding carboxylic acids is 2. The van der Waals surface area contributed by atoms with Crippen LogP contribution in [0.3, 0.4) is 0 Å². The van der Waals surface area contributed by atoms with Gasteiger partial charge in [0.15, 0.2) is 0 Å². The molecule has 2 N–H and O–H groups in total. The maximum atomic E-state index is 13.4. The van der Waals surface area contributed by atoms with Gasteiger partial charge < -0.3 is 19.5 Å². The number of hydrogen-bond donors (Lipinski definition) is 2. The fraction of sp³-hybridized carbons (Fsp3) is 0.500. The number of nitrogens with zero attached hydrogens (tertiary/aromatic N) is 1. The highest BCUT2D eigenvalue weighted by atomic mass is 32.2. The van der Waals surface area contributed by atoms with E-state index in [9.17, 15) is 18.0 Å². The zero-order chi connectivity index (χ0) is 21.9. The molecule has 3 heterocycles. The summed E-state index contributed by atoms with van der Waals surface area (Å²) in [5.41, 5.74) is 0.841. The van der Waals surface area contributed by atoms with Crippen molar-refractivity contribution in [3.63, 3.8) is 0 Å². The zero-order valence-electron chi connectivity index (χ0n) is 17.4. The van der Waals surface area contributed by atoms with E-state index in [0.717, 1.165) is 0 Å². The number of hydrogen-bond acceptors (Lipinski definition) is 6. The topological polar surface area (TPSA) is 122 Å². The van der Waals surface area contributed by atoms with E-state index in [1.54, 1.807) is 32.9 Å². The maximum Gasteiger partial charge on any atom is 0.341 e. The SMILES string of the molecule is CCOC(=O)c1c(C)[nH]c(C)c1S(=O)(=O)N1CCCC(C(=O)NCc2ccco2)C1. The van der Waals surface area contributed by atoms with Crippen LogP contribution in [-0.2, 0) is 26.1 Å². The van der Waals surface area contributed by atoms with Crippen LogP contribution in [0.15, 0.2) is 27.7 Å². The molecule has 1 unspecified atom stereocenters. The number of sulfonamides is 1. The molecule has 1 atom stereocenters. The molecule has 9 nitrogen and oxygen atoms in total. The second kappa shape index (κ2) is 9.05. The van der Waals surface area contributed by atoms with Gasteiger partial charge in [0, 0.05) is 24.5 Å². The number of furan rings is 1. The summed E-state index contributed by atoms with van der Waals surface area (Å²) in [6, 6.07) is 3.49. The Balaban J connectivity index is 1.79. The Morgan fingerprint density at radius 2 is 2.10 bits per heavy atom. The molecule has 0 aliphatic carbocycles. The van der Waals surface area contributed by atoms with Gasteiger partial charge in [-0.05, 0) is 45.7 Å². The summed E-state index contributed by atoms with van der Waals surface area (Å²) in [7, 11) is -3.99. The highest BCUT2D eigenvalue weighted by molar-refractivity contribution is 7.89. The number of amides is 1. The average molecular weight is 438 g/mol. The Kier molecular flexibility index (Phi) is 6.67. The maximum absolute atomic E-state index is 13.4. The molecule has 30 heavy (non-hydrogen) atoms. The van der Waals surface area contributed by atoms with Gasteiger partial charge in [-0.25, -0.2) is 13.2 Å². The monoisotopic (exact) mass is 437 g/mol. The third-order valence-corrected chi connectivity index (χ3v) is 7.20. The Bertz CT molecular complexity index is 1010. The molecule has 2 aromatic heterocycles. The van der Waals surface area contributed by atoms with Gasteiger partial charge in [0.1, 0.15) is 16.2 Å². The summed E-state index contributed by atoms with van der Waals surface area (Å²) in [5, 5.41) is 2.79. The molecule has 0 spiro atoms. The third-order valence-electron chi connectivity index (χ3n) is 5.17. The quantitative estimate of drug-likeness (QED) is 0.640. The first kappa shape index (κ1) is 22.1. The first-order valence-electron chi connectivity index (χ1n) is 9.92. The number of aromatic nitrogens is 1. The number of aromatic amines is 1. The number of piperidine rings is 1. The van der Waals surface area contributed by atoms with Gasteiger partial charge in [-0.3, -0.25) is 4.79 Å². The predicted octanol–water partition coefficient (Wildman–Crippen LogP) is 2.12. The van der Waals surface area contributed by atoms with Crippen molar-refractivity contribution >= 4 is 21.9 Å². The van der Waals surface area contributed by atoms with Crippen molar-refractivity contribution in [2.24, 2.45) is 5.92 Å². The van der Waals surface area contributed by atoms with Crippen LogP contribution in [0.25, 0.3) is 0 Å². The molecular formula is C20H27N3O6S. The van der Waals surface area contributed by atoms with E-state index in [0.29, 0.717) is 30.0 Å². The van der Waals surface area contributed by atoms with Crippen molar-refractivity contribution in [3.8, 4) is 0 Å². The number of ether oxygens (including phenoxy) is 1. The van der Waals surface area contributed by atoms with Gasteiger partial charge in [0.25, 0.3) is 0 Å².